The molecule has 0 fully saturated rings. The third-order valence-corrected chi connectivity index (χ3v) is 2.01. The van der Waals surface area contributed by atoms with E-state index < -0.39 is 10.1 Å². The Kier molecular flexibility index (Phi) is 2.44. The van der Waals surface area contributed by atoms with E-state index in [-0.39, 0.29) is 5.75 Å². The topological polar surface area (TPSA) is 58.2 Å². The van der Waals surface area contributed by atoms with Crippen LogP contribution in [-0.2, 0) is 15.9 Å². The van der Waals surface area contributed by atoms with E-state index in [1.54, 1.807) is 24.5 Å². The maximum absolute atomic E-state index is 10.4. The number of hydrogen-bond acceptors (Lipinski definition) is 2. The third kappa shape index (κ3) is 2.98. The Morgan fingerprint density at radius 3 is 2.33 bits per heavy atom. The van der Waals surface area contributed by atoms with Gasteiger partial charge in [0.2, 0.25) is 7.05 Å². The van der Waals surface area contributed by atoms with Gasteiger partial charge in [0.1, 0.15) is 5.75 Å². The minimum Gasteiger partial charge on any atom is -0.285 e. The van der Waals surface area contributed by atoms with Crippen molar-refractivity contribution in [3.8, 4) is 0 Å². The first-order valence-corrected chi connectivity index (χ1v) is 4.84. The lowest BCUT2D eigenvalue weighted by Gasteiger charge is -1.94. The molecule has 0 aliphatic rings. The molecule has 0 unspecified atom stereocenters. The van der Waals surface area contributed by atoms with Crippen LogP contribution < -0.4 is 4.57 Å². The average Bonchev–Trinajstić information content (AvgIpc) is 1.91. The van der Waals surface area contributed by atoms with E-state index in [2.05, 4.69) is 7.05 Å². The Morgan fingerprint density at radius 2 is 1.92 bits per heavy atom. The number of aromatic nitrogens is 1. The summed E-state index contributed by atoms with van der Waals surface area (Å²) < 4.78 is 30.9. The van der Waals surface area contributed by atoms with Crippen molar-refractivity contribution in [1.29, 1.82) is 0 Å². The molecule has 4 nitrogen and oxygen atoms in total. The lowest BCUT2D eigenvalue weighted by molar-refractivity contribution is -0.612. The maximum atomic E-state index is 10.4. The second-order valence-corrected chi connectivity index (χ2v) is 3.90. The van der Waals surface area contributed by atoms with Gasteiger partial charge in [0, 0.05) is 12.1 Å². The highest BCUT2D eigenvalue weighted by Crippen LogP contribution is 2.00. The molecule has 0 aliphatic carbocycles. The molecule has 1 radical (unpaired) electrons. The van der Waals surface area contributed by atoms with Crippen LogP contribution in [0.5, 0.6) is 0 Å². The van der Waals surface area contributed by atoms with Crippen molar-refractivity contribution in [3.63, 3.8) is 0 Å². The van der Waals surface area contributed by atoms with E-state index in [1.807, 2.05) is 0 Å². The van der Waals surface area contributed by atoms with Crippen LogP contribution in [0, 0.1) is 7.05 Å². The van der Waals surface area contributed by atoms with Crippen LogP contribution in [0.2, 0.25) is 0 Å². The minimum atomic E-state index is -3.92. The van der Waals surface area contributed by atoms with Crippen LogP contribution in [0.1, 0.15) is 5.56 Å². The van der Waals surface area contributed by atoms with Crippen molar-refractivity contribution in [3.05, 3.63) is 37.1 Å². The highest BCUT2D eigenvalue weighted by Gasteiger charge is 2.06. The normalized spacial score (nSPS) is 11.5. The molecule has 0 bridgehead atoms. The van der Waals surface area contributed by atoms with Gasteiger partial charge in [0.05, 0.1) is 0 Å². The summed E-state index contributed by atoms with van der Waals surface area (Å²) in [5.74, 6) is -0.353. The lowest BCUT2D eigenvalue weighted by atomic mass is 10.3. The van der Waals surface area contributed by atoms with Crippen molar-refractivity contribution in [2.45, 2.75) is 5.75 Å². The maximum Gasteiger partial charge on any atom is 0.269 e. The highest BCUT2D eigenvalue weighted by atomic mass is 32.2. The summed E-state index contributed by atoms with van der Waals surface area (Å²) in [5, 5.41) is 0. The van der Waals surface area contributed by atoms with Crippen molar-refractivity contribution >= 4 is 10.1 Å². The van der Waals surface area contributed by atoms with Crippen LogP contribution in [0.25, 0.3) is 0 Å². The van der Waals surface area contributed by atoms with Gasteiger partial charge in [0.15, 0.2) is 12.4 Å². The highest BCUT2D eigenvalue weighted by molar-refractivity contribution is 7.85. The Balaban J connectivity index is 2.85. The molecule has 0 amide bonds. The molecule has 65 valence electrons. The van der Waals surface area contributed by atoms with E-state index in [0.29, 0.717) is 5.56 Å². The van der Waals surface area contributed by atoms with Gasteiger partial charge in [-0.15, -0.1) is 0 Å². The molecule has 5 heteroatoms. The first kappa shape index (κ1) is 9.15. The molecule has 0 saturated carbocycles. The first-order valence-electron chi connectivity index (χ1n) is 3.23. The van der Waals surface area contributed by atoms with Crippen LogP contribution in [-0.4, -0.2) is 13.0 Å². The number of pyridine rings is 1. The molecular weight excluding hydrogens is 178 g/mol. The largest absolute Gasteiger partial charge is 0.285 e. The van der Waals surface area contributed by atoms with Gasteiger partial charge in [-0.3, -0.25) is 4.55 Å². The molecule has 1 aromatic rings. The monoisotopic (exact) mass is 187 g/mol. The fraction of sp³-hybridized carbons (Fsp3) is 0.143. The van der Waals surface area contributed by atoms with Gasteiger partial charge in [-0.1, -0.05) is 0 Å². The van der Waals surface area contributed by atoms with Gasteiger partial charge >= 0.3 is 0 Å². The summed E-state index contributed by atoms with van der Waals surface area (Å²) in [6.45, 7) is 0. The van der Waals surface area contributed by atoms with Crippen molar-refractivity contribution < 1.29 is 17.5 Å². The summed E-state index contributed by atoms with van der Waals surface area (Å²) >= 11 is 0. The zero-order chi connectivity index (χ0) is 9.19. The van der Waals surface area contributed by atoms with Gasteiger partial charge in [-0.2, -0.15) is 13.0 Å². The number of nitrogens with zero attached hydrogens (tertiary/aromatic N) is 1. The molecule has 1 aromatic heterocycles. The summed E-state index contributed by atoms with van der Waals surface area (Å²) in [4.78, 5) is 0. The van der Waals surface area contributed by atoms with E-state index in [4.69, 9.17) is 4.55 Å². The van der Waals surface area contributed by atoms with Crippen LogP contribution in [0.15, 0.2) is 24.5 Å². The molecule has 0 aromatic carbocycles. The Hall–Kier alpha value is -0.940. The standard InChI is InChI=1S/C7H9NO3S/c1-8-4-2-7(3-5-8)6-12(9,10)11/h2-5H,1,6H2,(H,9,10,11)/q+1. The molecular formula is C7H9NO3S+. The second kappa shape index (κ2) is 3.20. The van der Waals surface area contributed by atoms with Gasteiger partial charge in [0.25, 0.3) is 10.1 Å². The SMILES string of the molecule is [CH2][n+]1ccc(CS(=O)(=O)O)cc1. The quantitative estimate of drug-likeness (QED) is 0.523. The molecule has 0 saturated heterocycles. The molecule has 1 N–H and O–H groups in total. The molecule has 1 heterocycles. The Bertz CT molecular complexity index is 355. The van der Waals surface area contributed by atoms with Crippen molar-refractivity contribution in [1.82, 2.24) is 0 Å². The van der Waals surface area contributed by atoms with Gasteiger partial charge in [-0.25, -0.2) is 0 Å². The molecule has 0 aliphatic heterocycles. The van der Waals surface area contributed by atoms with Crippen LogP contribution >= 0.6 is 0 Å². The zero-order valence-corrected chi connectivity index (χ0v) is 7.16. The summed E-state index contributed by atoms with van der Waals surface area (Å²) in [5.41, 5.74) is 0.539. The Labute approximate surface area is 71.2 Å². The summed E-state index contributed by atoms with van der Waals surface area (Å²) in [7, 11) is -0.357. The van der Waals surface area contributed by atoms with Crippen molar-refractivity contribution in [2.75, 3.05) is 0 Å². The molecule has 12 heavy (non-hydrogen) atoms. The van der Waals surface area contributed by atoms with E-state index in [0.717, 1.165) is 0 Å². The predicted octanol–water partition coefficient (Wildman–Crippen LogP) is 0.00159. The van der Waals surface area contributed by atoms with E-state index >= 15 is 0 Å². The minimum absolute atomic E-state index is 0.353. The molecule has 0 spiro atoms. The number of hydrogen-bond donors (Lipinski definition) is 1. The van der Waals surface area contributed by atoms with E-state index in [1.165, 1.54) is 4.57 Å². The second-order valence-electron chi connectivity index (χ2n) is 2.45. The zero-order valence-electron chi connectivity index (χ0n) is 6.34. The fourth-order valence-electron chi connectivity index (χ4n) is 0.795. The first-order chi connectivity index (χ1) is 5.47. The number of rotatable bonds is 2. The third-order valence-electron chi connectivity index (χ3n) is 1.31. The summed E-state index contributed by atoms with van der Waals surface area (Å²) in [6.07, 6.45) is 3.22. The average molecular weight is 187 g/mol. The smallest absolute Gasteiger partial charge is 0.269 e. The molecule has 0 atom stereocenters. The fourth-order valence-corrected chi connectivity index (χ4v) is 1.41. The van der Waals surface area contributed by atoms with E-state index in [9.17, 15) is 8.42 Å². The lowest BCUT2D eigenvalue weighted by Crippen LogP contribution is -2.23. The van der Waals surface area contributed by atoms with Gasteiger partial charge in [-0.05, 0) is 5.56 Å². The Morgan fingerprint density at radius 1 is 1.42 bits per heavy atom. The predicted molar refractivity (Wildman–Crippen MR) is 42.6 cm³/mol. The van der Waals surface area contributed by atoms with Crippen LogP contribution in [0.4, 0.5) is 0 Å². The van der Waals surface area contributed by atoms with Crippen molar-refractivity contribution in [2.24, 2.45) is 0 Å². The molecule has 1 rings (SSSR count). The van der Waals surface area contributed by atoms with Crippen LogP contribution in [0.3, 0.4) is 0 Å². The van der Waals surface area contributed by atoms with Gasteiger partial charge < -0.3 is 0 Å². The summed E-state index contributed by atoms with van der Waals surface area (Å²) in [6, 6.07) is 3.17.